The molecule has 1 aliphatic rings. The van der Waals surface area contributed by atoms with Crippen molar-refractivity contribution in [2.75, 3.05) is 12.0 Å². The lowest BCUT2D eigenvalue weighted by Gasteiger charge is -2.33. The second-order valence-electron chi connectivity index (χ2n) is 9.11. The summed E-state index contributed by atoms with van der Waals surface area (Å²) in [7, 11) is 1.56. The Bertz CT molecular complexity index is 1350. The molecule has 0 bridgehead atoms. The van der Waals surface area contributed by atoms with Gasteiger partial charge in [-0.2, -0.15) is 4.80 Å². The molecule has 38 heavy (non-hydrogen) atoms. The number of rotatable bonds is 9. The SMILES string of the molecule is COc1cccc(N(C(=O)Cn2nnc(-c3cccs3)n2)[C@@H](C(=O)NC2CCCCC2)c2ccncc2)c1. The minimum absolute atomic E-state index is 0.0770. The van der Waals surface area contributed by atoms with E-state index in [1.165, 1.54) is 27.5 Å². The Morgan fingerprint density at radius 2 is 1.95 bits per heavy atom. The van der Waals surface area contributed by atoms with Crippen molar-refractivity contribution in [3.05, 3.63) is 71.9 Å². The van der Waals surface area contributed by atoms with Crippen molar-refractivity contribution in [1.82, 2.24) is 30.5 Å². The Balaban J connectivity index is 1.51. The van der Waals surface area contributed by atoms with Crippen LogP contribution in [0.3, 0.4) is 0 Å². The molecular weight excluding hydrogens is 502 g/mol. The van der Waals surface area contributed by atoms with Crippen molar-refractivity contribution < 1.29 is 14.3 Å². The number of tetrazole rings is 1. The van der Waals surface area contributed by atoms with Gasteiger partial charge >= 0.3 is 0 Å². The third-order valence-corrected chi connectivity index (χ3v) is 7.42. The Morgan fingerprint density at radius 1 is 1.13 bits per heavy atom. The first kappa shape index (κ1) is 25.5. The molecule has 1 N–H and O–H groups in total. The number of anilines is 1. The third-order valence-electron chi connectivity index (χ3n) is 6.55. The van der Waals surface area contributed by atoms with Gasteiger partial charge < -0.3 is 10.1 Å². The van der Waals surface area contributed by atoms with Crippen molar-refractivity contribution in [2.45, 2.75) is 50.7 Å². The van der Waals surface area contributed by atoms with E-state index >= 15 is 0 Å². The van der Waals surface area contributed by atoms with E-state index in [4.69, 9.17) is 4.74 Å². The highest BCUT2D eigenvalue weighted by Gasteiger charge is 2.34. The fraction of sp³-hybridized carbons (Fsp3) is 0.333. The first-order valence-corrected chi connectivity index (χ1v) is 13.5. The van der Waals surface area contributed by atoms with Gasteiger partial charge in [0, 0.05) is 30.2 Å². The number of carbonyl (C=O) groups excluding carboxylic acids is 2. The average molecular weight is 532 g/mol. The van der Waals surface area contributed by atoms with Gasteiger partial charge in [-0.1, -0.05) is 31.4 Å². The number of pyridine rings is 1. The van der Waals surface area contributed by atoms with Gasteiger partial charge in [-0.3, -0.25) is 19.5 Å². The first-order chi connectivity index (χ1) is 18.6. The fourth-order valence-corrected chi connectivity index (χ4v) is 5.35. The number of nitrogens with zero attached hydrogens (tertiary/aromatic N) is 6. The van der Waals surface area contributed by atoms with Crippen LogP contribution in [0.25, 0.3) is 10.7 Å². The molecule has 0 aliphatic heterocycles. The highest BCUT2D eigenvalue weighted by atomic mass is 32.1. The quantitative estimate of drug-likeness (QED) is 0.347. The van der Waals surface area contributed by atoms with Crippen molar-refractivity contribution in [1.29, 1.82) is 0 Å². The number of ether oxygens (including phenoxy) is 1. The minimum Gasteiger partial charge on any atom is -0.497 e. The molecule has 10 nitrogen and oxygen atoms in total. The molecule has 0 saturated heterocycles. The van der Waals surface area contributed by atoms with Gasteiger partial charge in [0.05, 0.1) is 12.0 Å². The molecule has 1 saturated carbocycles. The number of hydrogen-bond donors (Lipinski definition) is 1. The second-order valence-corrected chi connectivity index (χ2v) is 10.1. The lowest BCUT2D eigenvalue weighted by atomic mass is 9.94. The zero-order valence-electron chi connectivity index (χ0n) is 21.1. The Morgan fingerprint density at radius 3 is 2.68 bits per heavy atom. The van der Waals surface area contributed by atoms with E-state index < -0.39 is 6.04 Å². The molecule has 2 amide bonds. The zero-order chi connectivity index (χ0) is 26.3. The highest BCUT2D eigenvalue weighted by molar-refractivity contribution is 7.13. The average Bonchev–Trinajstić information content (AvgIpc) is 3.65. The van der Waals surface area contributed by atoms with E-state index in [0.717, 1.165) is 30.6 Å². The van der Waals surface area contributed by atoms with E-state index in [2.05, 4.69) is 25.7 Å². The van der Waals surface area contributed by atoms with Crippen LogP contribution in [-0.2, 0) is 16.1 Å². The number of methoxy groups -OCH3 is 1. The summed E-state index contributed by atoms with van der Waals surface area (Å²) in [5.74, 6) is 0.404. The molecule has 3 aromatic heterocycles. The number of carbonyl (C=O) groups is 2. The molecule has 1 aromatic carbocycles. The maximum atomic E-state index is 14.0. The lowest BCUT2D eigenvalue weighted by Crippen LogP contribution is -2.48. The monoisotopic (exact) mass is 531 g/mol. The molecule has 1 aliphatic carbocycles. The van der Waals surface area contributed by atoms with Crippen LogP contribution in [0.4, 0.5) is 5.69 Å². The molecule has 1 fully saturated rings. The van der Waals surface area contributed by atoms with Gasteiger partial charge in [-0.25, -0.2) is 0 Å². The van der Waals surface area contributed by atoms with E-state index in [1.807, 2.05) is 17.5 Å². The van der Waals surface area contributed by atoms with Crippen LogP contribution in [0.15, 0.2) is 66.3 Å². The summed E-state index contributed by atoms with van der Waals surface area (Å²) >= 11 is 1.49. The Labute approximate surface area is 224 Å². The smallest absolute Gasteiger partial charge is 0.251 e. The van der Waals surface area contributed by atoms with Crippen LogP contribution in [0.2, 0.25) is 0 Å². The van der Waals surface area contributed by atoms with Crippen molar-refractivity contribution in [2.24, 2.45) is 0 Å². The molecule has 0 spiro atoms. The summed E-state index contributed by atoms with van der Waals surface area (Å²) in [5, 5.41) is 17.7. The molecule has 4 aromatic rings. The van der Waals surface area contributed by atoms with E-state index in [1.54, 1.807) is 55.9 Å². The zero-order valence-corrected chi connectivity index (χ0v) is 21.9. The van der Waals surface area contributed by atoms with Crippen LogP contribution in [0.5, 0.6) is 5.75 Å². The van der Waals surface area contributed by atoms with Crippen LogP contribution in [0, 0.1) is 0 Å². The summed E-state index contributed by atoms with van der Waals surface area (Å²) in [5.41, 5.74) is 1.17. The molecule has 0 radical (unpaired) electrons. The minimum atomic E-state index is -0.931. The first-order valence-electron chi connectivity index (χ1n) is 12.6. The molecule has 1 atom stereocenters. The maximum Gasteiger partial charge on any atom is 0.251 e. The van der Waals surface area contributed by atoms with Crippen molar-refractivity contribution in [3.8, 4) is 16.5 Å². The van der Waals surface area contributed by atoms with E-state index in [9.17, 15) is 9.59 Å². The Hall–Kier alpha value is -4.12. The maximum absolute atomic E-state index is 14.0. The number of amides is 2. The van der Waals surface area contributed by atoms with Gasteiger partial charge in [0.1, 0.15) is 18.3 Å². The molecule has 3 heterocycles. The topological polar surface area (TPSA) is 115 Å². The molecule has 196 valence electrons. The fourth-order valence-electron chi connectivity index (χ4n) is 4.70. The number of thiophene rings is 1. The van der Waals surface area contributed by atoms with Crippen LogP contribution in [-0.4, -0.2) is 50.2 Å². The highest BCUT2D eigenvalue weighted by Crippen LogP contribution is 2.31. The van der Waals surface area contributed by atoms with Crippen molar-refractivity contribution in [3.63, 3.8) is 0 Å². The van der Waals surface area contributed by atoms with Crippen LogP contribution >= 0.6 is 11.3 Å². The number of aromatic nitrogens is 5. The summed E-state index contributed by atoms with van der Waals surface area (Å²) in [4.78, 5) is 35.6. The van der Waals surface area contributed by atoms with Gasteiger partial charge in [0.15, 0.2) is 0 Å². The molecule has 0 unspecified atom stereocenters. The molecule has 11 heteroatoms. The van der Waals surface area contributed by atoms with Gasteiger partial charge in [-0.15, -0.1) is 21.5 Å². The number of nitrogens with one attached hydrogen (secondary N) is 1. The van der Waals surface area contributed by atoms with Gasteiger partial charge in [0.25, 0.3) is 5.91 Å². The van der Waals surface area contributed by atoms with Crippen molar-refractivity contribution >= 4 is 28.8 Å². The van der Waals surface area contributed by atoms with Gasteiger partial charge in [0.2, 0.25) is 11.7 Å². The summed E-state index contributed by atoms with van der Waals surface area (Å²) in [6, 6.07) is 13.6. The number of hydrogen-bond acceptors (Lipinski definition) is 8. The van der Waals surface area contributed by atoms with E-state index in [-0.39, 0.29) is 24.4 Å². The second kappa shape index (κ2) is 12.0. The van der Waals surface area contributed by atoms with E-state index in [0.29, 0.717) is 22.8 Å². The predicted molar refractivity (Wildman–Crippen MR) is 144 cm³/mol. The predicted octanol–water partition coefficient (Wildman–Crippen LogP) is 4.03. The third kappa shape index (κ3) is 5.88. The standard InChI is InChI=1S/C27H29N7O3S/c1-37-22-10-5-9-21(17-22)34(24(35)18-33-31-26(30-32-33)23-11-6-16-38-23)25(19-12-14-28-15-13-19)27(36)29-20-7-3-2-4-8-20/h5-6,9-17,20,25H,2-4,7-8,18H2,1H3,(H,29,36)/t25-/m1/s1. The number of benzene rings is 1. The summed E-state index contributed by atoms with van der Waals surface area (Å²) in [6.45, 7) is -0.201. The largest absolute Gasteiger partial charge is 0.497 e. The lowest BCUT2D eigenvalue weighted by molar-refractivity contribution is -0.127. The summed E-state index contributed by atoms with van der Waals surface area (Å²) < 4.78 is 5.43. The van der Waals surface area contributed by atoms with Crippen LogP contribution in [0.1, 0.15) is 43.7 Å². The summed E-state index contributed by atoms with van der Waals surface area (Å²) in [6.07, 6.45) is 8.43. The van der Waals surface area contributed by atoms with Gasteiger partial charge in [-0.05, 0) is 59.3 Å². The Kier molecular flexibility index (Phi) is 8.03. The molecular formula is C27H29N7O3S. The van der Waals surface area contributed by atoms with Crippen LogP contribution < -0.4 is 15.0 Å². The molecule has 5 rings (SSSR count). The normalized spacial score (nSPS) is 14.6.